The number of ether oxygens (including phenoxy) is 1. The molecule has 1 unspecified atom stereocenters. The minimum atomic E-state index is -0.684. The van der Waals surface area contributed by atoms with E-state index in [-0.39, 0.29) is 24.8 Å². The number of morpholine rings is 1. The zero-order chi connectivity index (χ0) is 19.9. The Morgan fingerprint density at radius 2 is 2.25 bits per heavy atom. The monoisotopic (exact) mass is 387 g/mol. The maximum Gasteiger partial charge on any atom is 0.251 e. The van der Waals surface area contributed by atoms with Crippen LogP contribution in [0.3, 0.4) is 0 Å². The van der Waals surface area contributed by atoms with E-state index in [2.05, 4.69) is 20.4 Å². The first-order valence-corrected chi connectivity index (χ1v) is 9.46. The van der Waals surface area contributed by atoms with E-state index in [4.69, 9.17) is 9.26 Å². The lowest BCUT2D eigenvalue weighted by atomic mass is 10.2. The third-order valence-corrected chi connectivity index (χ3v) is 4.64. The topological polar surface area (TPSA) is 110 Å². The molecule has 1 atom stereocenters. The Bertz CT molecular complexity index is 822. The third kappa shape index (κ3) is 5.13. The molecule has 1 saturated heterocycles. The summed E-state index contributed by atoms with van der Waals surface area (Å²) in [6.07, 6.45) is 2.34. The van der Waals surface area contributed by atoms with Crippen LogP contribution in [-0.2, 0) is 33.7 Å². The van der Waals surface area contributed by atoms with Gasteiger partial charge in [0, 0.05) is 32.0 Å². The summed E-state index contributed by atoms with van der Waals surface area (Å²) in [6, 6.07) is 3.80. The quantitative estimate of drug-likeness (QED) is 0.748. The number of carbonyl (C=O) groups is 2. The molecule has 0 saturated carbocycles. The van der Waals surface area contributed by atoms with E-state index in [0.29, 0.717) is 44.3 Å². The van der Waals surface area contributed by atoms with Crippen molar-refractivity contribution >= 4 is 11.8 Å². The first-order valence-electron chi connectivity index (χ1n) is 9.46. The van der Waals surface area contributed by atoms with Gasteiger partial charge in [0.05, 0.1) is 25.4 Å². The number of aromatic nitrogens is 3. The summed E-state index contributed by atoms with van der Waals surface area (Å²) < 4.78 is 10.7. The molecule has 1 aliphatic rings. The number of nitrogens with one attached hydrogen (secondary N) is 1. The molecule has 0 aromatic carbocycles. The SMILES string of the molecule is CCc1noc(CCC(=O)N2CCOC(C(=O)NCc3ncccc3C)C2)n1. The van der Waals surface area contributed by atoms with Crippen molar-refractivity contribution in [2.75, 3.05) is 19.7 Å². The molecule has 2 aromatic rings. The van der Waals surface area contributed by atoms with Crippen LogP contribution in [0.15, 0.2) is 22.9 Å². The van der Waals surface area contributed by atoms with Crippen molar-refractivity contribution in [3.8, 4) is 0 Å². The molecule has 9 heteroatoms. The van der Waals surface area contributed by atoms with E-state index in [1.165, 1.54) is 0 Å². The van der Waals surface area contributed by atoms with Crippen LogP contribution < -0.4 is 5.32 Å². The van der Waals surface area contributed by atoms with Crippen LogP contribution in [-0.4, -0.2) is 57.6 Å². The molecule has 0 spiro atoms. The Morgan fingerprint density at radius 3 is 3.00 bits per heavy atom. The molecule has 1 fully saturated rings. The van der Waals surface area contributed by atoms with Gasteiger partial charge in [-0.1, -0.05) is 18.1 Å². The van der Waals surface area contributed by atoms with E-state index < -0.39 is 6.10 Å². The fourth-order valence-corrected chi connectivity index (χ4v) is 2.93. The van der Waals surface area contributed by atoms with Gasteiger partial charge in [-0.2, -0.15) is 4.98 Å². The first-order chi connectivity index (χ1) is 13.6. The zero-order valence-corrected chi connectivity index (χ0v) is 16.2. The van der Waals surface area contributed by atoms with E-state index >= 15 is 0 Å². The van der Waals surface area contributed by atoms with Crippen molar-refractivity contribution in [1.82, 2.24) is 25.3 Å². The molecule has 2 amide bonds. The summed E-state index contributed by atoms with van der Waals surface area (Å²) in [5, 5.41) is 6.66. The number of hydrogen-bond donors (Lipinski definition) is 1. The summed E-state index contributed by atoms with van der Waals surface area (Å²) in [6.45, 7) is 5.23. The van der Waals surface area contributed by atoms with E-state index in [1.807, 2.05) is 26.0 Å². The standard InChI is InChI=1S/C19H25N5O4/c1-3-16-22-17(28-23-16)6-7-18(25)24-9-10-27-15(12-24)19(26)21-11-14-13(2)5-4-8-20-14/h4-5,8,15H,3,6-7,9-12H2,1-2H3,(H,21,26). The molecule has 1 aliphatic heterocycles. The lowest BCUT2D eigenvalue weighted by Gasteiger charge is -2.32. The van der Waals surface area contributed by atoms with Crippen LogP contribution in [0.1, 0.15) is 36.3 Å². The number of hydrogen-bond acceptors (Lipinski definition) is 7. The highest BCUT2D eigenvalue weighted by Crippen LogP contribution is 2.10. The molecule has 0 radical (unpaired) electrons. The number of carbonyl (C=O) groups excluding carboxylic acids is 2. The van der Waals surface area contributed by atoms with Crippen LogP contribution in [0.5, 0.6) is 0 Å². The van der Waals surface area contributed by atoms with E-state index in [9.17, 15) is 9.59 Å². The molecule has 9 nitrogen and oxygen atoms in total. The lowest BCUT2D eigenvalue weighted by Crippen LogP contribution is -2.51. The maximum absolute atomic E-state index is 12.5. The van der Waals surface area contributed by atoms with Gasteiger partial charge in [-0.15, -0.1) is 0 Å². The average molecular weight is 387 g/mol. The zero-order valence-electron chi connectivity index (χ0n) is 16.2. The summed E-state index contributed by atoms with van der Waals surface area (Å²) >= 11 is 0. The fraction of sp³-hybridized carbons (Fsp3) is 0.526. The number of aryl methyl sites for hydroxylation is 3. The molecule has 0 bridgehead atoms. The van der Waals surface area contributed by atoms with Gasteiger partial charge in [0.2, 0.25) is 11.8 Å². The highest BCUT2D eigenvalue weighted by molar-refractivity contribution is 5.83. The van der Waals surface area contributed by atoms with Crippen molar-refractivity contribution in [2.45, 2.75) is 45.8 Å². The number of rotatable bonds is 7. The van der Waals surface area contributed by atoms with Crippen LogP contribution >= 0.6 is 0 Å². The smallest absolute Gasteiger partial charge is 0.251 e. The van der Waals surface area contributed by atoms with Gasteiger partial charge in [-0.3, -0.25) is 14.6 Å². The molecule has 150 valence electrons. The Labute approximate surface area is 163 Å². The van der Waals surface area contributed by atoms with Crippen molar-refractivity contribution < 1.29 is 18.8 Å². The normalized spacial score (nSPS) is 16.8. The Kier molecular flexibility index (Phi) is 6.70. The predicted octanol–water partition coefficient (Wildman–Crippen LogP) is 0.812. The molecular formula is C19H25N5O4. The Morgan fingerprint density at radius 1 is 1.39 bits per heavy atom. The average Bonchev–Trinajstić information content (AvgIpc) is 3.19. The summed E-state index contributed by atoms with van der Waals surface area (Å²) in [5.74, 6) is 0.789. The summed E-state index contributed by atoms with van der Waals surface area (Å²) in [4.78, 5) is 35.0. The van der Waals surface area contributed by atoms with Gasteiger partial charge in [-0.25, -0.2) is 0 Å². The number of pyridine rings is 1. The van der Waals surface area contributed by atoms with Gasteiger partial charge in [0.15, 0.2) is 11.9 Å². The molecule has 28 heavy (non-hydrogen) atoms. The van der Waals surface area contributed by atoms with Crippen molar-refractivity contribution in [1.29, 1.82) is 0 Å². The Balaban J connectivity index is 1.47. The van der Waals surface area contributed by atoms with Crippen LogP contribution in [0.4, 0.5) is 0 Å². The van der Waals surface area contributed by atoms with E-state index in [0.717, 1.165) is 11.3 Å². The van der Waals surface area contributed by atoms with Crippen LogP contribution in [0, 0.1) is 6.92 Å². The number of amides is 2. The molecule has 3 heterocycles. The molecule has 1 N–H and O–H groups in total. The Hall–Kier alpha value is -2.81. The largest absolute Gasteiger partial charge is 0.365 e. The second kappa shape index (κ2) is 9.41. The van der Waals surface area contributed by atoms with Crippen molar-refractivity contribution in [3.05, 3.63) is 41.3 Å². The minimum Gasteiger partial charge on any atom is -0.365 e. The summed E-state index contributed by atoms with van der Waals surface area (Å²) in [5.41, 5.74) is 1.82. The highest BCUT2D eigenvalue weighted by Gasteiger charge is 2.29. The van der Waals surface area contributed by atoms with Gasteiger partial charge in [0.25, 0.3) is 5.91 Å². The second-order valence-corrected chi connectivity index (χ2v) is 6.64. The van der Waals surface area contributed by atoms with Gasteiger partial charge in [0.1, 0.15) is 0 Å². The van der Waals surface area contributed by atoms with Gasteiger partial charge >= 0.3 is 0 Å². The van der Waals surface area contributed by atoms with Gasteiger partial charge < -0.3 is 19.5 Å². The maximum atomic E-state index is 12.5. The van der Waals surface area contributed by atoms with E-state index in [1.54, 1.807) is 11.1 Å². The third-order valence-electron chi connectivity index (χ3n) is 4.64. The summed E-state index contributed by atoms with van der Waals surface area (Å²) in [7, 11) is 0. The fourth-order valence-electron chi connectivity index (χ4n) is 2.93. The molecular weight excluding hydrogens is 362 g/mol. The predicted molar refractivity (Wildman–Crippen MR) is 99.1 cm³/mol. The lowest BCUT2D eigenvalue weighted by molar-refractivity contribution is -0.147. The van der Waals surface area contributed by atoms with Gasteiger partial charge in [-0.05, 0) is 18.6 Å². The highest BCUT2D eigenvalue weighted by atomic mass is 16.5. The molecule has 2 aromatic heterocycles. The van der Waals surface area contributed by atoms with Crippen LogP contribution in [0.25, 0.3) is 0 Å². The number of nitrogens with zero attached hydrogens (tertiary/aromatic N) is 4. The molecule has 3 rings (SSSR count). The second-order valence-electron chi connectivity index (χ2n) is 6.64. The van der Waals surface area contributed by atoms with Crippen LogP contribution in [0.2, 0.25) is 0 Å². The molecule has 0 aliphatic carbocycles. The van der Waals surface area contributed by atoms with Crippen molar-refractivity contribution in [2.24, 2.45) is 0 Å². The van der Waals surface area contributed by atoms with Crippen molar-refractivity contribution in [3.63, 3.8) is 0 Å². The first kappa shape index (κ1) is 19.9. The minimum absolute atomic E-state index is 0.0575.